The van der Waals surface area contributed by atoms with E-state index in [0.29, 0.717) is 41.7 Å². The molecule has 0 spiro atoms. The highest BCUT2D eigenvalue weighted by atomic mass is 35.5. The van der Waals surface area contributed by atoms with Crippen LogP contribution in [0.3, 0.4) is 0 Å². The van der Waals surface area contributed by atoms with Gasteiger partial charge in [-0.3, -0.25) is 0 Å². The van der Waals surface area contributed by atoms with E-state index in [1.165, 1.54) is 0 Å². The van der Waals surface area contributed by atoms with Gasteiger partial charge < -0.3 is 9.47 Å². The Hall–Kier alpha value is -2.04. The first-order valence-electron chi connectivity index (χ1n) is 8.45. The predicted molar refractivity (Wildman–Crippen MR) is 106 cm³/mol. The lowest BCUT2D eigenvalue weighted by atomic mass is 10.1. The van der Waals surface area contributed by atoms with Crippen LogP contribution in [0.15, 0.2) is 47.2 Å². The van der Waals surface area contributed by atoms with E-state index in [1.807, 2.05) is 36.6 Å². The fourth-order valence-electron chi connectivity index (χ4n) is 2.72. The number of halogens is 2. The molecule has 2 aromatic carbocycles. The number of benzene rings is 2. The van der Waals surface area contributed by atoms with Crippen LogP contribution in [0.25, 0.3) is 11.1 Å². The van der Waals surface area contributed by atoms with Gasteiger partial charge in [0.25, 0.3) is 0 Å². The predicted octanol–water partition coefficient (Wildman–Crippen LogP) is 6.54. The molecule has 0 radical (unpaired) electrons. The maximum atomic E-state index is 14.0. The molecule has 3 aromatic rings. The van der Waals surface area contributed by atoms with Gasteiger partial charge in [0.15, 0.2) is 11.6 Å². The summed E-state index contributed by atoms with van der Waals surface area (Å²) in [6.45, 7) is 4.46. The first kappa shape index (κ1) is 18.7. The van der Waals surface area contributed by atoms with Gasteiger partial charge in [-0.1, -0.05) is 23.7 Å². The van der Waals surface area contributed by atoms with E-state index in [9.17, 15) is 4.39 Å². The summed E-state index contributed by atoms with van der Waals surface area (Å²) in [5, 5.41) is 4.70. The van der Waals surface area contributed by atoms with Gasteiger partial charge in [0.1, 0.15) is 5.75 Å². The van der Waals surface area contributed by atoms with Crippen molar-refractivity contribution in [3.8, 4) is 22.6 Å². The number of rotatable bonds is 7. The molecule has 1 aromatic heterocycles. The molecular weight excluding hydrogens is 371 g/mol. The molecule has 136 valence electrons. The Morgan fingerprint density at radius 3 is 2.58 bits per heavy atom. The largest absolute Gasteiger partial charge is 0.492 e. The summed E-state index contributed by atoms with van der Waals surface area (Å²) in [4.78, 5) is 0. The maximum absolute atomic E-state index is 14.0. The number of aryl methyl sites for hydroxylation is 1. The molecule has 0 unspecified atom stereocenters. The summed E-state index contributed by atoms with van der Waals surface area (Å²) >= 11 is 8.00. The van der Waals surface area contributed by atoms with Crippen molar-refractivity contribution in [2.24, 2.45) is 0 Å². The van der Waals surface area contributed by atoms with Gasteiger partial charge in [0.2, 0.25) is 0 Å². The van der Waals surface area contributed by atoms with Crippen molar-refractivity contribution < 1.29 is 13.9 Å². The molecule has 0 aliphatic heterocycles. The zero-order valence-corrected chi connectivity index (χ0v) is 16.3. The van der Waals surface area contributed by atoms with Crippen molar-refractivity contribution in [1.29, 1.82) is 0 Å². The van der Waals surface area contributed by atoms with Crippen LogP contribution in [0.5, 0.6) is 11.5 Å². The summed E-state index contributed by atoms with van der Waals surface area (Å²) in [6, 6.07) is 11.4. The van der Waals surface area contributed by atoms with Crippen molar-refractivity contribution in [1.82, 2.24) is 0 Å². The second-order valence-corrected chi connectivity index (χ2v) is 7.10. The number of thiophene rings is 1. The first-order chi connectivity index (χ1) is 12.6. The molecule has 0 N–H and O–H groups in total. The van der Waals surface area contributed by atoms with Gasteiger partial charge in [-0.25, -0.2) is 4.39 Å². The van der Waals surface area contributed by atoms with Crippen molar-refractivity contribution in [3.05, 3.63) is 69.1 Å². The summed E-state index contributed by atoms with van der Waals surface area (Å²) in [6.07, 6.45) is 0.643. The highest BCUT2D eigenvalue weighted by molar-refractivity contribution is 7.08. The molecule has 0 fully saturated rings. The Labute approximate surface area is 162 Å². The third-order valence-corrected chi connectivity index (χ3v) is 4.99. The zero-order chi connectivity index (χ0) is 18.5. The molecule has 2 nitrogen and oxygen atoms in total. The minimum absolute atomic E-state index is 0.292. The minimum atomic E-state index is -0.302. The zero-order valence-electron chi connectivity index (χ0n) is 14.7. The van der Waals surface area contributed by atoms with Crippen LogP contribution in [0.1, 0.15) is 18.1 Å². The average molecular weight is 391 g/mol. The molecule has 0 amide bonds. The molecular formula is C21H20ClFO2S. The van der Waals surface area contributed by atoms with Gasteiger partial charge in [0, 0.05) is 6.42 Å². The second kappa shape index (κ2) is 8.56. The molecule has 1 heterocycles. The molecule has 5 heteroatoms. The van der Waals surface area contributed by atoms with Gasteiger partial charge in [-0.2, -0.15) is 11.3 Å². The lowest BCUT2D eigenvalue weighted by Gasteiger charge is -2.12. The Bertz CT molecular complexity index is 878. The highest BCUT2D eigenvalue weighted by Gasteiger charge is 2.10. The lowest BCUT2D eigenvalue weighted by Crippen LogP contribution is -2.04. The van der Waals surface area contributed by atoms with Crippen molar-refractivity contribution >= 4 is 22.9 Å². The van der Waals surface area contributed by atoms with Gasteiger partial charge in [-0.15, -0.1) is 0 Å². The van der Waals surface area contributed by atoms with E-state index in [1.54, 1.807) is 24.3 Å². The van der Waals surface area contributed by atoms with Crippen LogP contribution in [0.4, 0.5) is 4.39 Å². The van der Waals surface area contributed by atoms with E-state index in [2.05, 4.69) is 11.4 Å². The topological polar surface area (TPSA) is 18.5 Å². The van der Waals surface area contributed by atoms with Crippen LogP contribution in [-0.4, -0.2) is 13.2 Å². The fourth-order valence-corrected chi connectivity index (χ4v) is 3.62. The molecule has 0 saturated carbocycles. The Morgan fingerprint density at radius 2 is 1.88 bits per heavy atom. The first-order valence-corrected chi connectivity index (χ1v) is 9.77. The highest BCUT2D eigenvalue weighted by Crippen LogP contribution is 2.31. The summed E-state index contributed by atoms with van der Waals surface area (Å²) in [7, 11) is 0. The molecule has 26 heavy (non-hydrogen) atoms. The monoisotopic (exact) mass is 390 g/mol. The lowest BCUT2D eigenvalue weighted by molar-refractivity contribution is 0.315. The summed E-state index contributed by atoms with van der Waals surface area (Å²) < 4.78 is 25.2. The van der Waals surface area contributed by atoms with Crippen molar-refractivity contribution in [2.45, 2.75) is 20.3 Å². The van der Waals surface area contributed by atoms with Gasteiger partial charge in [-0.05, 0) is 71.1 Å². The molecule has 0 aliphatic carbocycles. The van der Waals surface area contributed by atoms with Crippen molar-refractivity contribution in [2.75, 3.05) is 13.2 Å². The molecule has 0 atom stereocenters. The van der Waals surface area contributed by atoms with Crippen LogP contribution >= 0.6 is 22.9 Å². The Balaban J connectivity index is 1.65. The van der Waals surface area contributed by atoms with E-state index in [4.69, 9.17) is 21.1 Å². The molecule has 0 bridgehead atoms. The van der Waals surface area contributed by atoms with Gasteiger partial charge in [0.05, 0.1) is 18.2 Å². The minimum Gasteiger partial charge on any atom is -0.492 e. The standard InChI is InChI=1S/C21H20ClFO2S/c1-3-24-20-11-15(10-14(2)21(20)23)6-8-25-19-5-4-16(12-18(19)22)17-7-9-26-13-17/h4-5,7,9-13H,3,6,8H2,1-2H3. The molecule has 0 saturated heterocycles. The number of hydrogen-bond donors (Lipinski definition) is 0. The third kappa shape index (κ3) is 4.37. The van der Waals surface area contributed by atoms with E-state index < -0.39 is 0 Å². The summed E-state index contributed by atoms with van der Waals surface area (Å²) in [5.74, 6) is 0.638. The average Bonchev–Trinajstić information content (AvgIpc) is 3.15. The fraction of sp³-hybridized carbons (Fsp3) is 0.238. The second-order valence-electron chi connectivity index (χ2n) is 5.91. The van der Waals surface area contributed by atoms with Crippen LogP contribution < -0.4 is 9.47 Å². The third-order valence-electron chi connectivity index (χ3n) is 4.02. The molecule has 3 rings (SSSR count). The van der Waals surface area contributed by atoms with E-state index >= 15 is 0 Å². The smallest absolute Gasteiger partial charge is 0.167 e. The SMILES string of the molecule is CCOc1cc(CCOc2ccc(-c3ccsc3)cc2Cl)cc(C)c1F. The number of hydrogen-bond acceptors (Lipinski definition) is 3. The Morgan fingerprint density at radius 1 is 1.04 bits per heavy atom. The number of ether oxygens (including phenoxy) is 2. The normalized spacial score (nSPS) is 10.8. The summed E-state index contributed by atoms with van der Waals surface area (Å²) in [5.41, 5.74) is 3.76. The van der Waals surface area contributed by atoms with E-state index in [0.717, 1.165) is 16.7 Å². The van der Waals surface area contributed by atoms with Crippen LogP contribution in [0.2, 0.25) is 5.02 Å². The van der Waals surface area contributed by atoms with Crippen molar-refractivity contribution in [3.63, 3.8) is 0 Å². The van der Waals surface area contributed by atoms with Crippen LogP contribution in [0, 0.1) is 12.7 Å². The van der Waals surface area contributed by atoms with E-state index in [-0.39, 0.29) is 5.82 Å². The maximum Gasteiger partial charge on any atom is 0.167 e. The quantitative estimate of drug-likeness (QED) is 0.456. The Kier molecular flexibility index (Phi) is 6.17. The van der Waals surface area contributed by atoms with Crippen LogP contribution in [-0.2, 0) is 6.42 Å². The van der Waals surface area contributed by atoms with Gasteiger partial charge >= 0.3 is 0 Å². The molecule has 0 aliphatic rings.